The van der Waals surface area contributed by atoms with E-state index in [4.69, 9.17) is 5.11 Å². The molecule has 0 bridgehead atoms. The molecule has 0 saturated carbocycles. The SMILES string of the molecule is CCCCCCCCCCCCCCCCC(CCCCC(=O)O)C1CCN(C)C(C)(C)C1(C)C. The lowest BCUT2D eigenvalue weighted by atomic mass is 9.57. The van der Waals surface area contributed by atoms with Gasteiger partial charge in [0.1, 0.15) is 0 Å². The zero-order valence-corrected chi connectivity index (χ0v) is 24.8. The minimum absolute atomic E-state index is 0.199. The van der Waals surface area contributed by atoms with E-state index < -0.39 is 5.97 Å². The molecule has 1 aliphatic rings. The number of carbonyl (C=O) groups is 1. The summed E-state index contributed by atoms with van der Waals surface area (Å²) in [6.45, 7) is 13.3. The standard InChI is InChI=1S/C32H63NO2/c1-7-8-9-10-11-12-13-14-15-16-17-18-19-20-23-28(24-21-22-25-30(34)35)29-26-27-33(6)32(4,5)31(29,2)3/h28-29H,7-27H2,1-6H3,(H,34,35). The van der Waals surface area contributed by atoms with Crippen LogP contribution in [0.15, 0.2) is 0 Å². The molecule has 1 saturated heterocycles. The smallest absolute Gasteiger partial charge is 0.303 e. The summed E-state index contributed by atoms with van der Waals surface area (Å²) >= 11 is 0. The Morgan fingerprint density at radius 3 is 1.66 bits per heavy atom. The van der Waals surface area contributed by atoms with E-state index in [0.29, 0.717) is 6.42 Å². The molecule has 3 heteroatoms. The fraction of sp³-hybridized carbons (Fsp3) is 0.969. The lowest BCUT2D eigenvalue weighted by Gasteiger charge is -2.58. The maximum Gasteiger partial charge on any atom is 0.303 e. The van der Waals surface area contributed by atoms with Gasteiger partial charge in [-0.15, -0.1) is 0 Å². The molecule has 2 unspecified atom stereocenters. The number of hydrogen-bond donors (Lipinski definition) is 1. The molecule has 1 heterocycles. The Morgan fingerprint density at radius 2 is 1.20 bits per heavy atom. The molecule has 0 spiro atoms. The van der Waals surface area contributed by atoms with Gasteiger partial charge in [0.05, 0.1) is 0 Å². The number of unbranched alkanes of at least 4 members (excludes halogenated alkanes) is 14. The molecule has 1 aliphatic heterocycles. The molecular formula is C32H63NO2. The summed E-state index contributed by atoms with van der Waals surface area (Å²) < 4.78 is 0. The van der Waals surface area contributed by atoms with Gasteiger partial charge in [0, 0.05) is 12.0 Å². The monoisotopic (exact) mass is 493 g/mol. The van der Waals surface area contributed by atoms with E-state index in [1.54, 1.807) is 0 Å². The van der Waals surface area contributed by atoms with Gasteiger partial charge in [-0.3, -0.25) is 4.79 Å². The van der Waals surface area contributed by atoms with Crippen LogP contribution in [0, 0.1) is 17.3 Å². The second-order valence-corrected chi connectivity index (χ2v) is 12.9. The summed E-state index contributed by atoms with van der Waals surface area (Å²) in [6.07, 6.45) is 25.9. The number of nitrogens with zero attached hydrogens (tertiary/aromatic N) is 1. The Hall–Kier alpha value is -0.570. The second-order valence-electron chi connectivity index (χ2n) is 12.9. The van der Waals surface area contributed by atoms with E-state index >= 15 is 0 Å². The van der Waals surface area contributed by atoms with Gasteiger partial charge in [-0.1, -0.05) is 130 Å². The summed E-state index contributed by atoms with van der Waals surface area (Å²) in [5, 5.41) is 9.05. The van der Waals surface area contributed by atoms with Crippen LogP contribution in [0.1, 0.15) is 163 Å². The van der Waals surface area contributed by atoms with E-state index in [9.17, 15) is 4.79 Å². The van der Waals surface area contributed by atoms with Crippen molar-refractivity contribution in [1.82, 2.24) is 4.90 Å². The molecule has 1 N–H and O–H groups in total. The molecule has 1 rings (SSSR count). The van der Waals surface area contributed by atoms with Crippen LogP contribution in [-0.4, -0.2) is 35.1 Å². The van der Waals surface area contributed by atoms with E-state index in [2.05, 4.69) is 46.6 Å². The van der Waals surface area contributed by atoms with Gasteiger partial charge in [0.2, 0.25) is 0 Å². The van der Waals surface area contributed by atoms with Gasteiger partial charge in [-0.25, -0.2) is 0 Å². The van der Waals surface area contributed by atoms with Crippen molar-refractivity contribution in [1.29, 1.82) is 0 Å². The average Bonchev–Trinajstić information content (AvgIpc) is 2.80. The molecule has 3 nitrogen and oxygen atoms in total. The fourth-order valence-electron chi connectivity index (χ4n) is 6.57. The van der Waals surface area contributed by atoms with E-state index in [1.807, 2.05) is 0 Å². The van der Waals surface area contributed by atoms with Crippen LogP contribution in [0.3, 0.4) is 0 Å². The van der Waals surface area contributed by atoms with Crippen molar-refractivity contribution in [2.45, 2.75) is 169 Å². The van der Waals surface area contributed by atoms with Crippen LogP contribution >= 0.6 is 0 Å². The van der Waals surface area contributed by atoms with Crippen molar-refractivity contribution >= 4 is 5.97 Å². The van der Waals surface area contributed by atoms with Crippen LogP contribution in [0.2, 0.25) is 0 Å². The minimum atomic E-state index is -0.644. The van der Waals surface area contributed by atoms with Crippen molar-refractivity contribution < 1.29 is 9.90 Å². The van der Waals surface area contributed by atoms with Gasteiger partial charge in [-0.2, -0.15) is 0 Å². The third kappa shape index (κ3) is 12.0. The molecule has 0 aromatic rings. The maximum absolute atomic E-state index is 11.0. The lowest BCUT2D eigenvalue weighted by molar-refractivity contribution is -0.137. The molecule has 35 heavy (non-hydrogen) atoms. The van der Waals surface area contributed by atoms with Crippen LogP contribution < -0.4 is 0 Å². The van der Waals surface area contributed by atoms with E-state index in [0.717, 1.165) is 24.7 Å². The molecule has 208 valence electrons. The summed E-state index contributed by atoms with van der Waals surface area (Å²) in [4.78, 5) is 13.5. The van der Waals surface area contributed by atoms with Crippen LogP contribution in [0.4, 0.5) is 0 Å². The third-order valence-corrected chi connectivity index (χ3v) is 9.95. The lowest BCUT2D eigenvalue weighted by Crippen LogP contribution is -2.60. The van der Waals surface area contributed by atoms with Gasteiger partial charge in [0.15, 0.2) is 0 Å². The Labute approximate surface area is 220 Å². The Morgan fingerprint density at radius 1 is 0.771 bits per heavy atom. The highest BCUT2D eigenvalue weighted by atomic mass is 16.4. The number of carboxylic acids is 1. The van der Waals surface area contributed by atoms with Crippen molar-refractivity contribution in [3.05, 3.63) is 0 Å². The Kier molecular flexibility index (Phi) is 16.5. The number of hydrogen-bond acceptors (Lipinski definition) is 2. The molecule has 2 atom stereocenters. The molecule has 0 aromatic heterocycles. The first-order chi connectivity index (χ1) is 16.6. The van der Waals surface area contributed by atoms with Gasteiger partial charge >= 0.3 is 5.97 Å². The summed E-state index contributed by atoms with van der Waals surface area (Å²) in [6, 6.07) is 0. The molecule has 0 aromatic carbocycles. The number of piperidine rings is 1. The summed E-state index contributed by atoms with van der Waals surface area (Å²) in [5.74, 6) is 0.832. The minimum Gasteiger partial charge on any atom is -0.481 e. The predicted molar refractivity (Wildman–Crippen MR) is 153 cm³/mol. The predicted octanol–water partition coefficient (Wildman–Crippen LogP) is 9.88. The highest BCUT2D eigenvalue weighted by molar-refractivity contribution is 5.66. The number of likely N-dealkylation sites (tertiary alicyclic amines) is 1. The van der Waals surface area contributed by atoms with E-state index in [1.165, 1.54) is 116 Å². The fourth-order valence-corrected chi connectivity index (χ4v) is 6.57. The Balaban J connectivity index is 2.32. The average molecular weight is 494 g/mol. The van der Waals surface area contributed by atoms with Crippen LogP contribution in [0.5, 0.6) is 0 Å². The molecule has 0 radical (unpaired) electrons. The highest BCUT2D eigenvalue weighted by Gasteiger charge is 2.50. The molecule has 0 amide bonds. The first-order valence-corrected chi connectivity index (χ1v) is 15.6. The first-order valence-electron chi connectivity index (χ1n) is 15.6. The van der Waals surface area contributed by atoms with Gasteiger partial charge in [-0.05, 0) is 57.5 Å². The Bertz CT molecular complexity index is 542. The van der Waals surface area contributed by atoms with Gasteiger partial charge in [0.25, 0.3) is 0 Å². The molecule has 0 aliphatic carbocycles. The summed E-state index contributed by atoms with van der Waals surface area (Å²) in [7, 11) is 2.29. The quantitative estimate of drug-likeness (QED) is 0.162. The molecular weight excluding hydrogens is 430 g/mol. The van der Waals surface area contributed by atoms with Crippen molar-refractivity contribution in [2.75, 3.05) is 13.6 Å². The maximum atomic E-state index is 11.0. The highest BCUT2D eigenvalue weighted by Crippen LogP contribution is 2.51. The molecule has 1 fully saturated rings. The van der Waals surface area contributed by atoms with E-state index in [-0.39, 0.29) is 11.0 Å². The van der Waals surface area contributed by atoms with Crippen LogP contribution in [-0.2, 0) is 4.79 Å². The first kappa shape index (κ1) is 32.5. The number of rotatable bonds is 21. The number of carboxylic acid groups (broad SMARTS) is 1. The zero-order chi connectivity index (χ0) is 26.2. The summed E-state index contributed by atoms with van der Waals surface area (Å²) in [5.41, 5.74) is 0.470. The largest absolute Gasteiger partial charge is 0.481 e. The number of aliphatic carboxylic acids is 1. The second kappa shape index (κ2) is 17.8. The normalized spacial score (nSPS) is 20.7. The van der Waals surface area contributed by atoms with Gasteiger partial charge < -0.3 is 10.0 Å². The van der Waals surface area contributed by atoms with Crippen LogP contribution in [0.25, 0.3) is 0 Å². The van der Waals surface area contributed by atoms with Crippen molar-refractivity contribution in [3.8, 4) is 0 Å². The zero-order valence-electron chi connectivity index (χ0n) is 24.8. The van der Waals surface area contributed by atoms with Crippen molar-refractivity contribution in [2.24, 2.45) is 17.3 Å². The topological polar surface area (TPSA) is 40.5 Å². The van der Waals surface area contributed by atoms with Crippen molar-refractivity contribution in [3.63, 3.8) is 0 Å². The third-order valence-electron chi connectivity index (χ3n) is 9.95.